The van der Waals surface area contributed by atoms with Crippen molar-refractivity contribution in [3.8, 4) is 0 Å². The number of piperidine rings is 1. The van der Waals surface area contributed by atoms with Crippen LogP contribution in [0.5, 0.6) is 0 Å². The molecule has 2 rings (SSSR count). The van der Waals surface area contributed by atoms with E-state index in [1.807, 2.05) is 0 Å². The van der Waals surface area contributed by atoms with E-state index in [1.165, 1.54) is 13.0 Å². The average molecular weight is 268 g/mol. The lowest BCUT2D eigenvalue weighted by atomic mass is 9.89. The summed E-state index contributed by atoms with van der Waals surface area (Å²) in [6.07, 6.45) is 3.45. The van der Waals surface area contributed by atoms with E-state index in [1.54, 1.807) is 0 Å². The molecule has 2 heterocycles. The summed E-state index contributed by atoms with van der Waals surface area (Å²) in [7, 11) is 0. The van der Waals surface area contributed by atoms with Gasteiger partial charge in [-0.3, -0.25) is 9.80 Å². The zero-order valence-electron chi connectivity index (χ0n) is 13.8. The highest BCUT2D eigenvalue weighted by molar-refractivity contribution is 4.97. The van der Waals surface area contributed by atoms with Crippen LogP contribution in [0.2, 0.25) is 0 Å². The van der Waals surface area contributed by atoms with E-state index < -0.39 is 0 Å². The van der Waals surface area contributed by atoms with Crippen molar-refractivity contribution < 1.29 is 4.74 Å². The van der Waals surface area contributed by atoms with E-state index in [0.29, 0.717) is 0 Å². The fraction of sp³-hybridized carbons (Fsp3) is 1.00. The summed E-state index contributed by atoms with van der Waals surface area (Å²) >= 11 is 0. The molecule has 0 saturated carbocycles. The Hall–Kier alpha value is -0.120. The van der Waals surface area contributed by atoms with Crippen LogP contribution in [0.1, 0.15) is 60.8 Å². The Balaban J connectivity index is 2.11. The van der Waals surface area contributed by atoms with E-state index in [9.17, 15) is 0 Å². The molecule has 0 aromatic rings. The first kappa shape index (κ1) is 15.3. The Morgan fingerprint density at radius 1 is 0.842 bits per heavy atom. The lowest BCUT2D eigenvalue weighted by Crippen LogP contribution is -2.66. The van der Waals surface area contributed by atoms with Crippen molar-refractivity contribution in [2.45, 2.75) is 77.6 Å². The minimum atomic E-state index is -0.00174. The van der Waals surface area contributed by atoms with Crippen LogP contribution in [0, 0.1) is 0 Å². The van der Waals surface area contributed by atoms with Crippen molar-refractivity contribution in [1.82, 2.24) is 9.80 Å². The van der Waals surface area contributed by atoms with Gasteiger partial charge in [-0.25, -0.2) is 0 Å². The fourth-order valence-corrected chi connectivity index (χ4v) is 3.65. The highest BCUT2D eigenvalue weighted by Gasteiger charge is 2.47. The highest BCUT2D eigenvalue weighted by Crippen LogP contribution is 2.39. The van der Waals surface area contributed by atoms with Crippen molar-refractivity contribution in [1.29, 1.82) is 0 Å². The van der Waals surface area contributed by atoms with Gasteiger partial charge < -0.3 is 4.74 Å². The standard InChI is InChI=1S/C16H32N2O/c1-14(2,3)17-11-8-16(9-12-17)18(15(4,5)6)10-7-13-19-16/h7-13H2,1-6H3. The first-order valence-electron chi connectivity index (χ1n) is 7.82. The normalized spacial score (nSPS) is 26.8. The minimum Gasteiger partial charge on any atom is -0.360 e. The molecule has 0 unspecified atom stereocenters. The van der Waals surface area contributed by atoms with E-state index in [4.69, 9.17) is 4.74 Å². The largest absolute Gasteiger partial charge is 0.360 e. The second kappa shape index (κ2) is 5.01. The van der Waals surface area contributed by atoms with Crippen molar-refractivity contribution >= 4 is 0 Å². The Labute approximate surface area is 119 Å². The second-order valence-electron chi connectivity index (χ2n) is 8.13. The van der Waals surface area contributed by atoms with Crippen molar-refractivity contribution in [3.63, 3.8) is 0 Å². The number of ether oxygens (including phenoxy) is 1. The molecule has 2 aliphatic heterocycles. The SMILES string of the molecule is CC(C)(C)N1CCC2(CC1)OCCCN2C(C)(C)C. The Morgan fingerprint density at radius 2 is 1.42 bits per heavy atom. The number of hydrogen-bond acceptors (Lipinski definition) is 3. The summed E-state index contributed by atoms with van der Waals surface area (Å²) < 4.78 is 6.31. The first-order valence-corrected chi connectivity index (χ1v) is 7.82. The molecule has 0 bridgehead atoms. The van der Waals surface area contributed by atoms with Gasteiger partial charge in [0.25, 0.3) is 0 Å². The fourth-order valence-electron chi connectivity index (χ4n) is 3.65. The highest BCUT2D eigenvalue weighted by atomic mass is 16.5. The molecule has 0 amide bonds. The zero-order valence-corrected chi connectivity index (χ0v) is 13.8. The molecule has 0 aliphatic carbocycles. The molecular weight excluding hydrogens is 236 g/mol. The lowest BCUT2D eigenvalue weighted by molar-refractivity contribution is -0.237. The van der Waals surface area contributed by atoms with E-state index in [2.05, 4.69) is 51.3 Å². The Bertz CT molecular complexity index is 306. The molecule has 0 aromatic heterocycles. The first-order chi connectivity index (χ1) is 8.65. The summed E-state index contributed by atoms with van der Waals surface area (Å²) in [6, 6.07) is 0. The van der Waals surface area contributed by atoms with Crippen LogP contribution in [0.4, 0.5) is 0 Å². The third-order valence-electron chi connectivity index (χ3n) is 4.69. The molecular formula is C16H32N2O. The van der Waals surface area contributed by atoms with Crippen LogP contribution in [-0.4, -0.2) is 52.8 Å². The minimum absolute atomic E-state index is 0.00174. The molecule has 3 heteroatoms. The van der Waals surface area contributed by atoms with Crippen molar-refractivity contribution in [2.75, 3.05) is 26.2 Å². The maximum Gasteiger partial charge on any atom is 0.124 e. The van der Waals surface area contributed by atoms with Crippen LogP contribution in [0.3, 0.4) is 0 Å². The van der Waals surface area contributed by atoms with E-state index >= 15 is 0 Å². The summed E-state index contributed by atoms with van der Waals surface area (Å²) in [4.78, 5) is 5.21. The predicted octanol–water partition coefficient (Wildman–Crippen LogP) is 3.10. The second-order valence-corrected chi connectivity index (χ2v) is 8.13. The Kier molecular flexibility index (Phi) is 4.03. The molecule has 0 radical (unpaired) electrons. The van der Waals surface area contributed by atoms with E-state index in [-0.39, 0.29) is 16.8 Å². The molecule has 112 valence electrons. The van der Waals surface area contributed by atoms with Crippen LogP contribution >= 0.6 is 0 Å². The molecule has 2 fully saturated rings. The molecule has 0 atom stereocenters. The van der Waals surface area contributed by atoms with Gasteiger partial charge in [0, 0.05) is 43.6 Å². The van der Waals surface area contributed by atoms with Crippen LogP contribution < -0.4 is 0 Å². The third kappa shape index (κ3) is 3.14. The number of rotatable bonds is 0. The van der Waals surface area contributed by atoms with Gasteiger partial charge in [0.15, 0.2) is 0 Å². The summed E-state index contributed by atoms with van der Waals surface area (Å²) in [6.45, 7) is 18.3. The summed E-state index contributed by atoms with van der Waals surface area (Å²) in [5, 5.41) is 0. The van der Waals surface area contributed by atoms with Gasteiger partial charge in [-0.2, -0.15) is 0 Å². The molecule has 19 heavy (non-hydrogen) atoms. The average Bonchev–Trinajstić information content (AvgIpc) is 2.27. The van der Waals surface area contributed by atoms with Gasteiger partial charge >= 0.3 is 0 Å². The molecule has 0 aromatic carbocycles. The predicted molar refractivity (Wildman–Crippen MR) is 80.3 cm³/mol. The van der Waals surface area contributed by atoms with Crippen LogP contribution in [0.25, 0.3) is 0 Å². The van der Waals surface area contributed by atoms with Gasteiger partial charge in [0.05, 0.1) is 6.61 Å². The molecule has 2 aliphatic rings. The molecule has 0 N–H and O–H groups in total. The number of likely N-dealkylation sites (tertiary alicyclic amines) is 1. The van der Waals surface area contributed by atoms with Gasteiger partial charge in [0.1, 0.15) is 5.72 Å². The summed E-state index contributed by atoms with van der Waals surface area (Å²) in [5.41, 5.74) is 0.478. The molecule has 3 nitrogen and oxygen atoms in total. The van der Waals surface area contributed by atoms with Gasteiger partial charge in [-0.15, -0.1) is 0 Å². The zero-order chi connectivity index (χ0) is 14.3. The Morgan fingerprint density at radius 3 is 1.89 bits per heavy atom. The topological polar surface area (TPSA) is 15.7 Å². The van der Waals surface area contributed by atoms with Crippen LogP contribution in [0.15, 0.2) is 0 Å². The van der Waals surface area contributed by atoms with Crippen molar-refractivity contribution in [2.24, 2.45) is 0 Å². The van der Waals surface area contributed by atoms with Gasteiger partial charge in [0.2, 0.25) is 0 Å². The smallest absolute Gasteiger partial charge is 0.124 e. The van der Waals surface area contributed by atoms with Crippen LogP contribution in [-0.2, 0) is 4.74 Å². The van der Waals surface area contributed by atoms with Crippen molar-refractivity contribution in [3.05, 3.63) is 0 Å². The molecule has 2 saturated heterocycles. The number of nitrogens with zero attached hydrogens (tertiary/aromatic N) is 2. The van der Waals surface area contributed by atoms with E-state index in [0.717, 1.165) is 32.5 Å². The number of hydrogen-bond donors (Lipinski definition) is 0. The van der Waals surface area contributed by atoms with Gasteiger partial charge in [-0.05, 0) is 48.0 Å². The maximum atomic E-state index is 6.31. The van der Waals surface area contributed by atoms with Gasteiger partial charge in [-0.1, -0.05) is 0 Å². The maximum absolute atomic E-state index is 6.31. The monoisotopic (exact) mass is 268 g/mol. The molecule has 1 spiro atoms. The lowest BCUT2D eigenvalue weighted by Gasteiger charge is -2.57. The third-order valence-corrected chi connectivity index (χ3v) is 4.69. The quantitative estimate of drug-likeness (QED) is 0.671. The summed E-state index contributed by atoms with van der Waals surface area (Å²) in [5.74, 6) is 0.